The Bertz CT molecular complexity index is 1430. The number of phenolic OH excluding ortho intramolecular Hbond substituents is 1. The zero-order valence-electron chi connectivity index (χ0n) is 23.7. The lowest BCUT2D eigenvalue weighted by Gasteiger charge is -2.28. The van der Waals surface area contributed by atoms with Gasteiger partial charge in [-0.05, 0) is 65.1 Å². The maximum atomic E-state index is 12.7. The second-order valence-electron chi connectivity index (χ2n) is 11.7. The van der Waals surface area contributed by atoms with Crippen molar-refractivity contribution in [1.82, 2.24) is 5.43 Å². The Morgan fingerprint density at radius 1 is 0.949 bits per heavy atom. The van der Waals surface area contributed by atoms with Crippen LogP contribution in [0.4, 0.5) is 0 Å². The zero-order valence-corrected chi connectivity index (χ0v) is 24.5. The van der Waals surface area contributed by atoms with Gasteiger partial charge >= 0.3 is 10.1 Å². The summed E-state index contributed by atoms with van der Waals surface area (Å²) in [4.78, 5) is 12.6. The monoisotopic (exact) mass is 550 g/mol. The summed E-state index contributed by atoms with van der Waals surface area (Å²) in [6.45, 7) is 14.2. The molecule has 0 aliphatic heterocycles. The third-order valence-corrected chi connectivity index (χ3v) is 7.50. The molecule has 0 unspecified atom stereocenters. The molecule has 0 saturated heterocycles. The maximum absolute atomic E-state index is 12.7. The van der Waals surface area contributed by atoms with Crippen molar-refractivity contribution in [2.75, 3.05) is 0 Å². The van der Waals surface area contributed by atoms with Crippen LogP contribution in [-0.2, 0) is 32.2 Å². The van der Waals surface area contributed by atoms with E-state index in [0.29, 0.717) is 17.7 Å². The van der Waals surface area contributed by atoms with Crippen molar-refractivity contribution in [1.29, 1.82) is 0 Å². The highest BCUT2D eigenvalue weighted by atomic mass is 32.2. The number of hydrogen-bond donors (Lipinski definition) is 2. The number of aryl methyl sites for hydroxylation is 2. The lowest BCUT2D eigenvalue weighted by Crippen LogP contribution is -2.20. The zero-order chi connectivity index (χ0) is 29.0. The number of phenols is 1. The lowest BCUT2D eigenvalue weighted by atomic mass is 9.78. The Balaban J connectivity index is 1.69. The van der Waals surface area contributed by atoms with Gasteiger partial charge in [-0.2, -0.15) is 13.5 Å². The summed E-state index contributed by atoms with van der Waals surface area (Å²) < 4.78 is 30.8. The smallest absolute Gasteiger partial charge is 0.339 e. The SMILES string of the molecule is Cc1ccc(S(=O)(=O)Oc2ccccc2/C=N\NC(=O)CCc2cc(C(C)(C)C)c(O)c(C(C)(C)C)c2)cc1. The van der Waals surface area contributed by atoms with Gasteiger partial charge in [0, 0.05) is 12.0 Å². The number of nitrogens with one attached hydrogen (secondary N) is 1. The first-order valence-electron chi connectivity index (χ1n) is 12.9. The number of rotatable bonds is 8. The Labute approximate surface area is 232 Å². The number of benzene rings is 3. The molecule has 0 atom stereocenters. The molecule has 8 heteroatoms. The summed E-state index contributed by atoms with van der Waals surface area (Å²) in [7, 11) is -4.03. The van der Waals surface area contributed by atoms with Gasteiger partial charge in [-0.25, -0.2) is 5.43 Å². The van der Waals surface area contributed by atoms with Gasteiger partial charge in [0.1, 0.15) is 10.6 Å². The molecule has 2 N–H and O–H groups in total. The van der Waals surface area contributed by atoms with E-state index in [0.717, 1.165) is 22.3 Å². The van der Waals surface area contributed by atoms with Crippen molar-refractivity contribution >= 4 is 22.2 Å². The number of aromatic hydroxyl groups is 1. The van der Waals surface area contributed by atoms with Crippen LogP contribution in [-0.4, -0.2) is 25.6 Å². The van der Waals surface area contributed by atoms with Gasteiger partial charge in [-0.1, -0.05) is 83.5 Å². The highest BCUT2D eigenvalue weighted by Gasteiger charge is 2.26. The van der Waals surface area contributed by atoms with E-state index < -0.39 is 10.1 Å². The van der Waals surface area contributed by atoms with E-state index in [2.05, 4.69) is 10.5 Å². The van der Waals surface area contributed by atoms with Crippen LogP contribution in [0.15, 0.2) is 70.7 Å². The van der Waals surface area contributed by atoms with E-state index in [9.17, 15) is 18.3 Å². The summed E-state index contributed by atoms with van der Waals surface area (Å²) in [6, 6.07) is 16.9. The van der Waals surface area contributed by atoms with E-state index in [1.165, 1.54) is 24.4 Å². The molecule has 0 radical (unpaired) electrons. The van der Waals surface area contributed by atoms with Crippen LogP contribution in [0.2, 0.25) is 0 Å². The first-order chi connectivity index (χ1) is 18.1. The molecule has 0 aliphatic carbocycles. The van der Waals surface area contributed by atoms with Crippen LogP contribution in [0.3, 0.4) is 0 Å². The molecule has 0 aromatic heterocycles. The summed E-state index contributed by atoms with van der Waals surface area (Å²) in [5.41, 5.74) is 5.99. The molecule has 3 rings (SSSR count). The number of amides is 1. The van der Waals surface area contributed by atoms with Crippen LogP contribution in [0.1, 0.15) is 75.8 Å². The Hall–Kier alpha value is -3.65. The summed E-state index contributed by atoms with van der Waals surface area (Å²) in [5.74, 6) is 0.113. The first kappa shape index (κ1) is 29.9. The van der Waals surface area contributed by atoms with Crippen LogP contribution in [0.25, 0.3) is 0 Å². The normalized spacial score (nSPS) is 12.5. The lowest BCUT2D eigenvalue weighted by molar-refractivity contribution is -0.121. The molecule has 7 nitrogen and oxygen atoms in total. The molecule has 208 valence electrons. The van der Waals surface area contributed by atoms with E-state index in [4.69, 9.17) is 4.18 Å². The van der Waals surface area contributed by atoms with Gasteiger partial charge in [0.15, 0.2) is 5.75 Å². The minimum atomic E-state index is -4.03. The maximum Gasteiger partial charge on any atom is 0.339 e. The number of para-hydroxylation sites is 1. The average Bonchev–Trinajstić information content (AvgIpc) is 2.83. The van der Waals surface area contributed by atoms with Crippen LogP contribution in [0, 0.1) is 6.92 Å². The van der Waals surface area contributed by atoms with Gasteiger partial charge in [0.25, 0.3) is 0 Å². The van der Waals surface area contributed by atoms with Gasteiger partial charge in [-0.15, -0.1) is 0 Å². The molecule has 0 aliphatic rings. The van der Waals surface area contributed by atoms with Crippen molar-refractivity contribution in [2.45, 2.75) is 77.0 Å². The van der Waals surface area contributed by atoms with Gasteiger partial charge in [0.05, 0.1) is 6.21 Å². The van der Waals surface area contributed by atoms with Crippen LogP contribution in [0.5, 0.6) is 11.5 Å². The molecule has 39 heavy (non-hydrogen) atoms. The standard InChI is InChI=1S/C31H38N2O5S/c1-21-12-15-24(16-13-21)39(36,37)38-27-11-9-8-10-23(27)20-32-33-28(34)17-14-22-18-25(30(2,3)4)29(35)26(19-22)31(5,6)7/h8-13,15-16,18-20,35H,14,17H2,1-7H3,(H,33,34)/b32-20-. The Morgan fingerprint density at radius 3 is 2.08 bits per heavy atom. The fraction of sp³-hybridized carbons (Fsp3) is 0.355. The van der Waals surface area contributed by atoms with E-state index in [-0.39, 0.29) is 33.8 Å². The van der Waals surface area contributed by atoms with Gasteiger partial charge < -0.3 is 9.29 Å². The second kappa shape index (κ2) is 11.6. The van der Waals surface area contributed by atoms with E-state index in [1.54, 1.807) is 30.3 Å². The predicted octanol–water partition coefficient (Wildman–Crippen LogP) is 6.15. The third kappa shape index (κ3) is 7.93. The predicted molar refractivity (Wildman–Crippen MR) is 155 cm³/mol. The van der Waals surface area contributed by atoms with E-state index in [1.807, 2.05) is 60.6 Å². The molecule has 1 amide bonds. The highest BCUT2D eigenvalue weighted by Crippen LogP contribution is 2.40. The average molecular weight is 551 g/mol. The third-order valence-electron chi connectivity index (χ3n) is 6.25. The fourth-order valence-corrected chi connectivity index (χ4v) is 4.96. The summed E-state index contributed by atoms with van der Waals surface area (Å²) in [5, 5.41) is 14.9. The summed E-state index contributed by atoms with van der Waals surface area (Å²) >= 11 is 0. The van der Waals surface area contributed by atoms with Gasteiger partial charge in [0.2, 0.25) is 5.91 Å². The molecule has 0 fully saturated rings. The first-order valence-corrected chi connectivity index (χ1v) is 14.3. The van der Waals surface area contributed by atoms with Crippen molar-refractivity contribution in [3.05, 3.63) is 88.5 Å². The van der Waals surface area contributed by atoms with Gasteiger partial charge in [-0.3, -0.25) is 4.79 Å². The number of hydrazone groups is 1. The number of nitrogens with zero attached hydrogens (tertiary/aromatic N) is 1. The molecule has 0 heterocycles. The quantitative estimate of drug-likeness (QED) is 0.199. The van der Waals surface area contributed by atoms with E-state index >= 15 is 0 Å². The largest absolute Gasteiger partial charge is 0.507 e. The summed E-state index contributed by atoms with van der Waals surface area (Å²) in [6.07, 6.45) is 2.02. The fourth-order valence-electron chi connectivity index (χ4n) is 4.00. The number of carbonyl (C=O) groups is 1. The topological polar surface area (TPSA) is 105 Å². The molecule has 0 spiro atoms. The Kier molecular flexibility index (Phi) is 8.91. The Morgan fingerprint density at radius 2 is 1.51 bits per heavy atom. The minimum absolute atomic E-state index is 0.0478. The molecule has 0 bridgehead atoms. The molecule has 0 saturated carbocycles. The van der Waals surface area contributed by atoms with Crippen molar-refractivity contribution < 1.29 is 22.5 Å². The molecule has 3 aromatic carbocycles. The second-order valence-corrected chi connectivity index (χ2v) is 13.3. The molecular weight excluding hydrogens is 512 g/mol. The minimum Gasteiger partial charge on any atom is -0.507 e. The highest BCUT2D eigenvalue weighted by molar-refractivity contribution is 7.87. The molecule has 3 aromatic rings. The van der Waals surface area contributed by atoms with Crippen molar-refractivity contribution in [3.63, 3.8) is 0 Å². The van der Waals surface area contributed by atoms with Crippen LogP contribution >= 0.6 is 0 Å². The van der Waals surface area contributed by atoms with Crippen molar-refractivity contribution in [3.8, 4) is 11.5 Å². The number of hydrogen-bond acceptors (Lipinski definition) is 6. The number of carbonyl (C=O) groups excluding carboxylic acids is 1. The molecular formula is C31H38N2O5S. The van der Waals surface area contributed by atoms with Crippen molar-refractivity contribution in [2.24, 2.45) is 5.10 Å². The van der Waals surface area contributed by atoms with Crippen LogP contribution < -0.4 is 9.61 Å².